The number of amides is 2. The third-order valence-corrected chi connectivity index (χ3v) is 5.11. The number of hydrogen-bond donors (Lipinski definition) is 0. The van der Waals surface area contributed by atoms with Crippen molar-refractivity contribution in [3.63, 3.8) is 0 Å². The van der Waals surface area contributed by atoms with E-state index in [4.69, 9.17) is 13.7 Å². The molecule has 1 aromatic rings. The van der Waals surface area contributed by atoms with Crippen LogP contribution in [0, 0.1) is 0 Å². The molecule has 0 aliphatic carbocycles. The van der Waals surface area contributed by atoms with Crippen LogP contribution in [-0.2, 0) is 30.3 Å². The molecule has 0 N–H and O–H groups in total. The molecule has 2 amide bonds. The summed E-state index contributed by atoms with van der Waals surface area (Å²) in [5.74, 6) is 0.505. The number of benzene rings is 1. The van der Waals surface area contributed by atoms with Gasteiger partial charge in [0.15, 0.2) is 6.61 Å². The summed E-state index contributed by atoms with van der Waals surface area (Å²) >= 11 is 0. The maximum atomic E-state index is 12.2. The highest BCUT2D eigenvalue weighted by Crippen LogP contribution is 2.42. The second-order valence-electron chi connectivity index (χ2n) is 6.49. The van der Waals surface area contributed by atoms with Crippen molar-refractivity contribution < 1.29 is 31.7 Å². The third-order valence-electron chi connectivity index (χ3n) is 4.54. The molecule has 10 heteroatoms. The predicted molar refractivity (Wildman–Crippen MR) is 91.0 cm³/mol. The molecule has 1 fully saturated rings. The van der Waals surface area contributed by atoms with E-state index in [0.717, 1.165) is 30.3 Å². The molecule has 3 aliphatic heterocycles. The van der Waals surface area contributed by atoms with E-state index in [2.05, 4.69) is 0 Å². The molecule has 0 saturated carbocycles. The number of cyclic esters (lactones) is 1. The Balaban J connectivity index is 1.59. The average molecular weight is 382 g/mol. The summed E-state index contributed by atoms with van der Waals surface area (Å²) in [6, 6.07) is 3.57. The molecular weight excluding hydrogens is 364 g/mol. The van der Waals surface area contributed by atoms with Gasteiger partial charge in [-0.1, -0.05) is 0 Å². The van der Waals surface area contributed by atoms with Crippen LogP contribution in [0.4, 0.5) is 16.2 Å². The molecule has 1 atom stereocenters. The van der Waals surface area contributed by atoms with Crippen LogP contribution in [0.15, 0.2) is 12.1 Å². The Morgan fingerprint density at radius 1 is 1.27 bits per heavy atom. The first-order chi connectivity index (χ1) is 12.3. The Hall–Kier alpha value is -2.33. The number of carbonyl (C=O) groups is 2. The smallest absolute Gasteiger partial charge is 0.414 e. The fourth-order valence-electron chi connectivity index (χ4n) is 3.44. The van der Waals surface area contributed by atoms with E-state index in [1.165, 1.54) is 4.90 Å². The zero-order chi connectivity index (χ0) is 18.5. The van der Waals surface area contributed by atoms with E-state index >= 15 is 0 Å². The van der Waals surface area contributed by atoms with E-state index in [-0.39, 0.29) is 25.7 Å². The molecule has 0 spiro atoms. The van der Waals surface area contributed by atoms with Gasteiger partial charge in [-0.05, 0) is 24.5 Å². The molecule has 1 saturated heterocycles. The van der Waals surface area contributed by atoms with Crippen LogP contribution >= 0.6 is 0 Å². The highest BCUT2D eigenvalue weighted by molar-refractivity contribution is 7.85. The maximum Gasteiger partial charge on any atom is 0.414 e. The van der Waals surface area contributed by atoms with Crippen molar-refractivity contribution in [3.8, 4) is 5.75 Å². The van der Waals surface area contributed by atoms with Gasteiger partial charge in [0.05, 0.1) is 24.2 Å². The van der Waals surface area contributed by atoms with Crippen molar-refractivity contribution >= 4 is 33.5 Å². The summed E-state index contributed by atoms with van der Waals surface area (Å²) in [5.41, 5.74) is 2.32. The highest BCUT2D eigenvalue weighted by Gasteiger charge is 2.36. The lowest BCUT2D eigenvalue weighted by molar-refractivity contribution is -0.121. The number of ether oxygens (including phenoxy) is 2. The van der Waals surface area contributed by atoms with Crippen molar-refractivity contribution in [3.05, 3.63) is 17.7 Å². The second-order valence-corrected chi connectivity index (χ2v) is 8.14. The average Bonchev–Trinajstić information content (AvgIpc) is 2.96. The molecule has 3 heterocycles. The van der Waals surface area contributed by atoms with Crippen LogP contribution in [0.25, 0.3) is 0 Å². The van der Waals surface area contributed by atoms with Crippen molar-refractivity contribution in [1.82, 2.24) is 0 Å². The predicted octanol–water partition coefficient (Wildman–Crippen LogP) is 0.660. The van der Waals surface area contributed by atoms with E-state index in [9.17, 15) is 18.0 Å². The number of aryl methyl sites for hydroxylation is 1. The van der Waals surface area contributed by atoms with Gasteiger partial charge in [0.25, 0.3) is 16.0 Å². The van der Waals surface area contributed by atoms with Crippen LogP contribution in [0.3, 0.4) is 0 Å². The Bertz CT molecular complexity index is 866. The molecular formula is C16H18N2O7S. The highest BCUT2D eigenvalue weighted by atomic mass is 32.2. The largest absolute Gasteiger partial charge is 0.481 e. The van der Waals surface area contributed by atoms with Gasteiger partial charge in [-0.2, -0.15) is 8.42 Å². The number of anilines is 2. The summed E-state index contributed by atoms with van der Waals surface area (Å²) in [6.07, 6.45) is 1.33. The van der Waals surface area contributed by atoms with Crippen LogP contribution in [0.1, 0.15) is 12.0 Å². The summed E-state index contributed by atoms with van der Waals surface area (Å²) < 4.78 is 37.7. The number of nitrogens with zero attached hydrogens (tertiary/aromatic N) is 2. The molecule has 1 aromatic carbocycles. The molecule has 140 valence electrons. The van der Waals surface area contributed by atoms with Crippen LogP contribution in [-0.4, -0.2) is 59.1 Å². The quantitative estimate of drug-likeness (QED) is 0.705. The number of hydrogen-bond acceptors (Lipinski definition) is 7. The summed E-state index contributed by atoms with van der Waals surface area (Å²) in [4.78, 5) is 27.4. The Morgan fingerprint density at radius 2 is 2.08 bits per heavy atom. The molecule has 0 aromatic heterocycles. The van der Waals surface area contributed by atoms with Gasteiger partial charge in [-0.25, -0.2) is 4.79 Å². The summed E-state index contributed by atoms with van der Waals surface area (Å²) in [7, 11) is -3.60. The summed E-state index contributed by atoms with van der Waals surface area (Å²) in [6.45, 7) is 0.593. The van der Waals surface area contributed by atoms with Crippen molar-refractivity contribution in [2.45, 2.75) is 18.9 Å². The fourth-order valence-corrected chi connectivity index (χ4v) is 3.84. The van der Waals surface area contributed by atoms with E-state index in [1.807, 2.05) is 6.07 Å². The molecule has 3 aliphatic rings. The van der Waals surface area contributed by atoms with Crippen LogP contribution in [0.5, 0.6) is 5.75 Å². The topological polar surface area (TPSA) is 102 Å². The normalized spacial score (nSPS) is 22.1. The standard InChI is InChI=1S/C16H18N2O7S/c1-26(21,22)24-8-12-7-18(16(20)25-12)11-5-10-3-2-4-17-14(19)9-23-13(6-11)15(10)17/h5-6,12H,2-4,7-9H2,1H3/t12-/m1/s1. The monoisotopic (exact) mass is 382 g/mol. The molecule has 0 bridgehead atoms. The minimum absolute atomic E-state index is 0.0227. The van der Waals surface area contributed by atoms with Gasteiger partial charge in [0.1, 0.15) is 18.5 Å². The lowest BCUT2D eigenvalue weighted by Gasteiger charge is -2.35. The Kier molecular flexibility index (Phi) is 4.03. The zero-order valence-corrected chi connectivity index (χ0v) is 15.0. The maximum absolute atomic E-state index is 12.2. The Morgan fingerprint density at radius 3 is 2.85 bits per heavy atom. The van der Waals surface area contributed by atoms with Gasteiger partial charge in [-0.3, -0.25) is 13.9 Å². The lowest BCUT2D eigenvalue weighted by Crippen LogP contribution is -2.42. The SMILES string of the molecule is CS(=O)(=O)OC[C@H]1CN(c2cc3c4c(c2)OCC(=O)N4CCC3)C(=O)O1. The van der Waals surface area contributed by atoms with Gasteiger partial charge >= 0.3 is 6.09 Å². The van der Waals surface area contributed by atoms with E-state index in [0.29, 0.717) is 18.0 Å². The van der Waals surface area contributed by atoms with Crippen LogP contribution in [0.2, 0.25) is 0 Å². The molecule has 0 unspecified atom stereocenters. The van der Waals surface area contributed by atoms with Gasteiger partial charge in [-0.15, -0.1) is 0 Å². The zero-order valence-electron chi connectivity index (χ0n) is 14.1. The first-order valence-electron chi connectivity index (χ1n) is 8.24. The molecule has 0 radical (unpaired) electrons. The molecule has 4 rings (SSSR count). The fraction of sp³-hybridized carbons (Fsp3) is 0.500. The first-order valence-corrected chi connectivity index (χ1v) is 10.1. The molecule has 26 heavy (non-hydrogen) atoms. The first kappa shape index (κ1) is 17.1. The minimum Gasteiger partial charge on any atom is -0.481 e. The van der Waals surface area contributed by atoms with Gasteiger partial charge < -0.3 is 14.4 Å². The van der Waals surface area contributed by atoms with Gasteiger partial charge in [0, 0.05) is 12.6 Å². The second kappa shape index (κ2) is 6.13. The minimum atomic E-state index is -3.60. The van der Waals surface area contributed by atoms with Crippen molar-refractivity contribution in [1.29, 1.82) is 0 Å². The van der Waals surface area contributed by atoms with Crippen LogP contribution < -0.4 is 14.5 Å². The molecule has 9 nitrogen and oxygen atoms in total. The van der Waals surface area contributed by atoms with Crippen molar-refractivity contribution in [2.75, 3.05) is 42.4 Å². The van der Waals surface area contributed by atoms with E-state index < -0.39 is 22.3 Å². The lowest BCUT2D eigenvalue weighted by atomic mass is 9.98. The van der Waals surface area contributed by atoms with Crippen molar-refractivity contribution in [2.24, 2.45) is 0 Å². The summed E-state index contributed by atoms with van der Waals surface area (Å²) in [5, 5.41) is 0. The number of rotatable bonds is 4. The third kappa shape index (κ3) is 3.10. The number of carbonyl (C=O) groups excluding carboxylic acids is 2. The van der Waals surface area contributed by atoms with Gasteiger partial charge in [0.2, 0.25) is 0 Å². The Labute approximate surface area is 150 Å². The van der Waals surface area contributed by atoms with E-state index in [1.54, 1.807) is 11.0 Å².